The van der Waals surface area contributed by atoms with Crippen molar-refractivity contribution in [2.75, 3.05) is 18.5 Å². The molecule has 0 heterocycles. The highest BCUT2D eigenvalue weighted by Gasteiger charge is 2.13. The summed E-state index contributed by atoms with van der Waals surface area (Å²) >= 11 is 0. The molecule has 1 rings (SSSR count). The van der Waals surface area contributed by atoms with Crippen LogP contribution >= 0.6 is 0 Å². The molecule has 16 heavy (non-hydrogen) atoms. The molecule has 1 aromatic carbocycles. The molecule has 0 amide bonds. The molecule has 0 fully saturated rings. The van der Waals surface area contributed by atoms with Crippen LogP contribution in [0, 0.1) is 18.6 Å². The second kappa shape index (κ2) is 5.80. The van der Waals surface area contributed by atoms with Crippen LogP contribution in [0.3, 0.4) is 0 Å². The summed E-state index contributed by atoms with van der Waals surface area (Å²) in [5.74, 6) is -1.12. The normalized spacial score (nSPS) is 12.6. The smallest absolute Gasteiger partial charge is 0.152 e. The summed E-state index contributed by atoms with van der Waals surface area (Å²) in [5, 5.41) is 2.78. The lowest BCUT2D eigenvalue weighted by molar-refractivity contribution is 0.141. The Labute approximate surface area is 94.6 Å². The topological polar surface area (TPSA) is 21.3 Å². The maximum atomic E-state index is 13.6. The van der Waals surface area contributed by atoms with E-state index < -0.39 is 11.6 Å². The van der Waals surface area contributed by atoms with Crippen molar-refractivity contribution in [1.82, 2.24) is 0 Å². The van der Waals surface area contributed by atoms with Gasteiger partial charge in [0.05, 0.1) is 6.61 Å². The van der Waals surface area contributed by atoms with Gasteiger partial charge in [-0.05, 0) is 32.4 Å². The van der Waals surface area contributed by atoms with Gasteiger partial charge in [-0.25, -0.2) is 8.78 Å². The molecule has 1 atom stereocenters. The molecule has 1 aromatic rings. The minimum Gasteiger partial charge on any atom is -0.380 e. The average Bonchev–Trinajstić information content (AvgIpc) is 2.27. The lowest BCUT2D eigenvalue weighted by Crippen LogP contribution is -2.23. The molecule has 4 heteroatoms. The van der Waals surface area contributed by atoms with E-state index in [2.05, 4.69) is 5.32 Å². The van der Waals surface area contributed by atoms with Crippen LogP contribution in [0.15, 0.2) is 12.1 Å². The van der Waals surface area contributed by atoms with Crippen molar-refractivity contribution in [1.29, 1.82) is 0 Å². The van der Waals surface area contributed by atoms with Crippen molar-refractivity contribution >= 4 is 5.69 Å². The predicted octanol–water partition coefficient (Wildman–Crippen LogP) is 3.11. The summed E-state index contributed by atoms with van der Waals surface area (Å²) < 4.78 is 32.1. The predicted molar refractivity (Wildman–Crippen MR) is 60.7 cm³/mol. The minimum absolute atomic E-state index is 0.0767. The Bertz CT molecular complexity index is 355. The Kier molecular flexibility index (Phi) is 4.68. The summed E-state index contributed by atoms with van der Waals surface area (Å²) in [5.41, 5.74) is 0.347. The van der Waals surface area contributed by atoms with E-state index in [-0.39, 0.29) is 11.7 Å². The molecule has 1 unspecified atom stereocenters. The Morgan fingerprint density at radius 3 is 2.69 bits per heavy atom. The van der Waals surface area contributed by atoms with E-state index in [4.69, 9.17) is 4.74 Å². The molecule has 0 saturated carbocycles. The van der Waals surface area contributed by atoms with Crippen LogP contribution in [0.5, 0.6) is 0 Å². The van der Waals surface area contributed by atoms with Gasteiger partial charge >= 0.3 is 0 Å². The fourth-order valence-corrected chi connectivity index (χ4v) is 1.37. The van der Waals surface area contributed by atoms with Gasteiger partial charge in [0.1, 0.15) is 11.5 Å². The zero-order valence-electron chi connectivity index (χ0n) is 9.81. The Hall–Kier alpha value is -1.16. The zero-order valence-corrected chi connectivity index (χ0v) is 9.81. The summed E-state index contributed by atoms with van der Waals surface area (Å²) in [4.78, 5) is 0. The maximum absolute atomic E-state index is 13.6. The first-order chi connectivity index (χ1) is 7.56. The highest BCUT2D eigenvalue weighted by molar-refractivity contribution is 5.49. The van der Waals surface area contributed by atoms with Gasteiger partial charge in [0.2, 0.25) is 0 Å². The number of hydrogen-bond acceptors (Lipinski definition) is 2. The fraction of sp³-hybridized carbons (Fsp3) is 0.500. The highest BCUT2D eigenvalue weighted by atomic mass is 19.1. The number of hydrogen-bond donors (Lipinski definition) is 1. The molecular weight excluding hydrogens is 212 g/mol. The molecule has 0 saturated heterocycles. The molecule has 1 N–H and O–H groups in total. The second-order valence-electron chi connectivity index (χ2n) is 3.76. The summed E-state index contributed by atoms with van der Waals surface area (Å²) in [6, 6.07) is 2.54. The van der Waals surface area contributed by atoms with Crippen LogP contribution in [0.2, 0.25) is 0 Å². The summed E-state index contributed by atoms with van der Waals surface area (Å²) in [6.07, 6.45) is 0. The number of halogens is 2. The SMILES string of the molecule is CCOCC(C)Nc1c(F)ccc(C)c1F. The van der Waals surface area contributed by atoms with Crippen molar-refractivity contribution in [2.24, 2.45) is 0 Å². The minimum atomic E-state index is -0.577. The molecule has 0 aliphatic heterocycles. The number of benzene rings is 1. The van der Waals surface area contributed by atoms with E-state index in [9.17, 15) is 8.78 Å². The average molecular weight is 229 g/mol. The lowest BCUT2D eigenvalue weighted by atomic mass is 10.2. The van der Waals surface area contributed by atoms with Crippen molar-refractivity contribution in [3.05, 3.63) is 29.3 Å². The first-order valence-corrected chi connectivity index (χ1v) is 5.35. The van der Waals surface area contributed by atoms with Gasteiger partial charge in [-0.3, -0.25) is 0 Å². The van der Waals surface area contributed by atoms with E-state index in [1.54, 1.807) is 6.92 Å². The van der Waals surface area contributed by atoms with E-state index in [0.717, 1.165) is 0 Å². The third-order valence-electron chi connectivity index (χ3n) is 2.25. The fourth-order valence-electron chi connectivity index (χ4n) is 1.37. The van der Waals surface area contributed by atoms with Crippen LogP contribution in [0.4, 0.5) is 14.5 Å². The van der Waals surface area contributed by atoms with Gasteiger partial charge in [-0.2, -0.15) is 0 Å². The summed E-state index contributed by atoms with van der Waals surface area (Å²) in [6.45, 7) is 6.30. The third kappa shape index (κ3) is 3.17. The van der Waals surface area contributed by atoms with E-state index in [1.165, 1.54) is 12.1 Å². The molecule has 0 radical (unpaired) electrons. The molecular formula is C12H17F2NO. The van der Waals surface area contributed by atoms with Gasteiger partial charge in [0, 0.05) is 12.6 Å². The number of rotatable bonds is 5. The first kappa shape index (κ1) is 12.9. The number of anilines is 1. The van der Waals surface area contributed by atoms with Crippen LogP contribution < -0.4 is 5.32 Å². The third-order valence-corrected chi connectivity index (χ3v) is 2.25. The zero-order chi connectivity index (χ0) is 12.1. The summed E-state index contributed by atoms with van der Waals surface area (Å²) in [7, 11) is 0. The molecule has 0 aliphatic carbocycles. The van der Waals surface area contributed by atoms with Crippen molar-refractivity contribution in [3.63, 3.8) is 0 Å². The largest absolute Gasteiger partial charge is 0.380 e. The van der Waals surface area contributed by atoms with Crippen molar-refractivity contribution in [3.8, 4) is 0 Å². The van der Waals surface area contributed by atoms with Crippen LogP contribution in [-0.2, 0) is 4.74 Å². The van der Waals surface area contributed by atoms with E-state index in [1.807, 2.05) is 13.8 Å². The van der Waals surface area contributed by atoms with E-state index in [0.29, 0.717) is 18.8 Å². The van der Waals surface area contributed by atoms with Gasteiger partial charge in [-0.1, -0.05) is 6.07 Å². The number of aryl methyl sites for hydroxylation is 1. The van der Waals surface area contributed by atoms with Crippen molar-refractivity contribution in [2.45, 2.75) is 26.8 Å². The molecule has 2 nitrogen and oxygen atoms in total. The molecule has 0 aliphatic rings. The molecule has 90 valence electrons. The number of nitrogens with one attached hydrogen (secondary N) is 1. The molecule has 0 bridgehead atoms. The monoisotopic (exact) mass is 229 g/mol. The van der Waals surface area contributed by atoms with Gasteiger partial charge < -0.3 is 10.1 Å². The maximum Gasteiger partial charge on any atom is 0.152 e. The molecule has 0 spiro atoms. The Morgan fingerprint density at radius 1 is 1.38 bits per heavy atom. The van der Waals surface area contributed by atoms with Crippen LogP contribution in [-0.4, -0.2) is 19.3 Å². The Balaban J connectivity index is 2.76. The second-order valence-corrected chi connectivity index (χ2v) is 3.76. The first-order valence-electron chi connectivity index (χ1n) is 5.35. The van der Waals surface area contributed by atoms with Crippen LogP contribution in [0.1, 0.15) is 19.4 Å². The van der Waals surface area contributed by atoms with Crippen molar-refractivity contribution < 1.29 is 13.5 Å². The number of ether oxygens (including phenoxy) is 1. The lowest BCUT2D eigenvalue weighted by Gasteiger charge is -2.16. The Morgan fingerprint density at radius 2 is 2.06 bits per heavy atom. The standard InChI is InChI=1S/C12H17F2NO/c1-4-16-7-9(3)15-12-10(13)6-5-8(2)11(12)14/h5-6,9,15H,4,7H2,1-3H3. The quantitative estimate of drug-likeness (QED) is 0.837. The van der Waals surface area contributed by atoms with Gasteiger partial charge in [0.25, 0.3) is 0 Å². The molecule has 0 aromatic heterocycles. The van der Waals surface area contributed by atoms with Gasteiger partial charge in [0.15, 0.2) is 5.82 Å². The highest BCUT2D eigenvalue weighted by Crippen LogP contribution is 2.22. The van der Waals surface area contributed by atoms with E-state index >= 15 is 0 Å². The van der Waals surface area contributed by atoms with Crippen LogP contribution in [0.25, 0.3) is 0 Å². The van der Waals surface area contributed by atoms with Gasteiger partial charge in [-0.15, -0.1) is 0 Å².